The molecule has 0 aromatic carbocycles. The van der Waals surface area contributed by atoms with Crippen LogP contribution in [-0.2, 0) is 0 Å². The number of amides is 1. The zero-order valence-corrected chi connectivity index (χ0v) is 11.7. The van der Waals surface area contributed by atoms with Gasteiger partial charge in [0.1, 0.15) is 0 Å². The van der Waals surface area contributed by atoms with Gasteiger partial charge in [0.2, 0.25) is 0 Å². The fraction of sp³-hybridized carbons (Fsp3) is 0.357. The van der Waals surface area contributed by atoms with E-state index in [0.29, 0.717) is 5.92 Å². The summed E-state index contributed by atoms with van der Waals surface area (Å²) < 4.78 is 0. The molecule has 0 N–H and O–H groups in total. The maximum atomic E-state index is 12.2. The number of carbonyl (C=O) groups is 1. The van der Waals surface area contributed by atoms with E-state index >= 15 is 0 Å². The average Bonchev–Trinajstić information content (AvgIpc) is 3.11. The molecule has 0 spiro atoms. The third-order valence-corrected chi connectivity index (χ3v) is 5.21. The summed E-state index contributed by atoms with van der Waals surface area (Å²) in [6.45, 7) is 1.77. The predicted octanol–water partition coefficient (Wildman–Crippen LogP) is 3.83. The van der Waals surface area contributed by atoms with Crippen LogP contribution >= 0.6 is 22.7 Å². The van der Waals surface area contributed by atoms with E-state index in [2.05, 4.69) is 17.5 Å². The molecule has 2 aromatic rings. The molecule has 1 amide bonds. The second kappa shape index (κ2) is 5.24. The summed E-state index contributed by atoms with van der Waals surface area (Å²) in [5, 5.41) is 6.04. The molecule has 2 nitrogen and oxygen atoms in total. The molecule has 1 aliphatic rings. The third-order valence-electron chi connectivity index (χ3n) is 3.50. The number of carbonyl (C=O) groups excluding carboxylic acids is 1. The molecule has 2 aromatic heterocycles. The molecular formula is C14H15NOS2. The van der Waals surface area contributed by atoms with Crippen LogP contribution in [0.25, 0.3) is 0 Å². The van der Waals surface area contributed by atoms with Gasteiger partial charge in [-0.2, -0.15) is 11.3 Å². The second-order valence-corrected chi connectivity index (χ2v) is 6.35. The zero-order chi connectivity index (χ0) is 12.4. The SMILES string of the molecule is O=C(c1ccsc1)N1CCC(c2cccs2)CC1. The van der Waals surface area contributed by atoms with Crippen LogP contribution in [0.5, 0.6) is 0 Å². The highest BCUT2D eigenvalue weighted by molar-refractivity contribution is 7.10. The van der Waals surface area contributed by atoms with Crippen LogP contribution in [0, 0.1) is 0 Å². The summed E-state index contributed by atoms with van der Waals surface area (Å²) in [6.07, 6.45) is 2.19. The summed E-state index contributed by atoms with van der Waals surface area (Å²) in [4.78, 5) is 15.7. The van der Waals surface area contributed by atoms with Gasteiger partial charge in [0.15, 0.2) is 0 Å². The fourth-order valence-corrected chi connectivity index (χ4v) is 3.99. The van der Waals surface area contributed by atoms with Crippen LogP contribution in [0.2, 0.25) is 0 Å². The summed E-state index contributed by atoms with van der Waals surface area (Å²) >= 11 is 3.42. The van der Waals surface area contributed by atoms with Crippen molar-refractivity contribution in [2.75, 3.05) is 13.1 Å². The molecule has 0 atom stereocenters. The molecule has 94 valence electrons. The molecule has 1 fully saturated rings. The number of nitrogens with zero attached hydrogens (tertiary/aromatic N) is 1. The first-order chi connectivity index (χ1) is 8.84. The zero-order valence-electron chi connectivity index (χ0n) is 10.0. The molecule has 18 heavy (non-hydrogen) atoms. The summed E-state index contributed by atoms with van der Waals surface area (Å²) in [6, 6.07) is 6.24. The van der Waals surface area contributed by atoms with Gasteiger partial charge >= 0.3 is 0 Å². The van der Waals surface area contributed by atoms with Crippen molar-refractivity contribution in [2.45, 2.75) is 18.8 Å². The molecule has 4 heteroatoms. The van der Waals surface area contributed by atoms with E-state index in [1.165, 1.54) is 4.88 Å². The molecule has 3 rings (SSSR count). The first-order valence-corrected chi connectivity index (χ1v) is 8.02. The Morgan fingerprint density at radius 3 is 2.67 bits per heavy atom. The van der Waals surface area contributed by atoms with Crippen molar-refractivity contribution in [3.63, 3.8) is 0 Å². The first kappa shape index (κ1) is 11.9. The number of hydrogen-bond acceptors (Lipinski definition) is 3. The van der Waals surface area contributed by atoms with Gasteiger partial charge in [-0.25, -0.2) is 0 Å². The van der Waals surface area contributed by atoms with Crippen LogP contribution < -0.4 is 0 Å². The normalized spacial score (nSPS) is 17.0. The van der Waals surface area contributed by atoms with Gasteiger partial charge < -0.3 is 4.90 Å². The Morgan fingerprint density at radius 2 is 2.06 bits per heavy atom. The van der Waals surface area contributed by atoms with Crippen molar-refractivity contribution in [2.24, 2.45) is 0 Å². The third kappa shape index (κ3) is 2.35. The number of thiophene rings is 2. The molecule has 0 bridgehead atoms. The van der Waals surface area contributed by atoms with E-state index in [4.69, 9.17) is 0 Å². The largest absolute Gasteiger partial charge is 0.339 e. The van der Waals surface area contributed by atoms with Crippen LogP contribution in [0.4, 0.5) is 0 Å². The van der Waals surface area contributed by atoms with Crippen molar-refractivity contribution in [3.8, 4) is 0 Å². The molecular weight excluding hydrogens is 262 g/mol. The standard InChI is InChI=1S/C14H15NOS2/c16-14(12-5-9-17-10-12)15-6-3-11(4-7-15)13-2-1-8-18-13/h1-2,5,8-11H,3-4,6-7H2. The fourth-order valence-electron chi connectivity index (χ4n) is 2.46. The van der Waals surface area contributed by atoms with E-state index in [-0.39, 0.29) is 5.91 Å². The Hall–Kier alpha value is -1.13. The van der Waals surface area contributed by atoms with E-state index in [1.54, 1.807) is 11.3 Å². The van der Waals surface area contributed by atoms with Gasteiger partial charge in [-0.1, -0.05) is 6.07 Å². The Kier molecular flexibility index (Phi) is 3.48. The lowest BCUT2D eigenvalue weighted by molar-refractivity contribution is 0.0714. The van der Waals surface area contributed by atoms with Gasteiger partial charge in [-0.15, -0.1) is 11.3 Å². The van der Waals surface area contributed by atoms with E-state index in [9.17, 15) is 4.79 Å². The Labute approximate surface area is 115 Å². The topological polar surface area (TPSA) is 20.3 Å². The molecule has 1 aliphatic heterocycles. The lowest BCUT2D eigenvalue weighted by Gasteiger charge is -2.31. The number of hydrogen-bond donors (Lipinski definition) is 0. The average molecular weight is 277 g/mol. The minimum atomic E-state index is 0.195. The van der Waals surface area contributed by atoms with E-state index < -0.39 is 0 Å². The van der Waals surface area contributed by atoms with Crippen molar-refractivity contribution < 1.29 is 4.79 Å². The number of likely N-dealkylation sites (tertiary alicyclic amines) is 1. The Morgan fingerprint density at radius 1 is 1.22 bits per heavy atom. The van der Waals surface area contributed by atoms with Crippen LogP contribution in [0.15, 0.2) is 34.3 Å². The van der Waals surface area contributed by atoms with E-state index in [0.717, 1.165) is 31.5 Å². The summed E-state index contributed by atoms with van der Waals surface area (Å²) in [5.74, 6) is 0.845. The minimum Gasteiger partial charge on any atom is -0.339 e. The van der Waals surface area contributed by atoms with E-state index in [1.807, 2.05) is 33.1 Å². The lowest BCUT2D eigenvalue weighted by Crippen LogP contribution is -2.37. The maximum Gasteiger partial charge on any atom is 0.254 e. The van der Waals surface area contributed by atoms with Crippen LogP contribution in [0.3, 0.4) is 0 Å². The number of rotatable bonds is 2. The monoisotopic (exact) mass is 277 g/mol. The highest BCUT2D eigenvalue weighted by Gasteiger charge is 2.24. The van der Waals surface area contributed by atoms with Crippen LogP contribution in [-0.4, -0.2) is 23.9 Å². The van der Waals surface area contributed by atoms with Gasteiger partial charge in [0.05, 0.1) is 5.56 Å². The van der Waals surface area contributed by atoms with Crippen molar-refractivity contribution in [1.82, 2.24) is 4.90 Å². The maximum absolute atomic E-state index is 12.2. The minimum absolute atomic E-state index is 0.195. The highest BCUT2D eigenvalue weighted by Crippen LogP contribution is 2.31. The Bertz CT molecular complexity index is 496. The molecule has 3 heterocycles. The van der Waals surface area contributed by atoms with Gasteiger partial charge in [-0.05, 0) is 41.7 Å². The van der Waals surface area contributed by atoms with Crippen molar-refractivity contribution >= 4 is 28.6 Å². The van der Waals surface area contributed by atoms with Gasteiger partial charge in [0, 0.05) is 23.3 Å². The first-order valence-electron chi connectivity index (χ1n) is 6.19. The summed E-state index contributed by atoms with van der Waals surface area (Å²) in [7, 11) is 0. The van der Waals surface area contributed by atoms with Gasteiger partial charge in [-0.3, -0.25) is 4.79 Å². The van der Waals surface area contributed by atoms with Gasteiger partial charge in [0.25, 0.3) is 5.91 Å². The second-order valence-electron chi connectivity index (χ2n) is 4.59. The smallest absolute Gasteiger partial charge is 0.254 e. The molecule has 0 radical (unpaired) electrons. The summed E-state index contributed by atoms with van der Waals surface area (Å²) in [5.41, 5.74) is 0.842. The van der Waals surface area contributed by atoms with Crippen LogP contribution in [0.1, 0.15) is 34.0 Å². The van der Waals surface area contributed by atoms with Crippen molar-refractivity contribution in [1.29, 1.82) is 0 Å². The molecule has 0 aliphatic carbocycles. The molecule has 0 unspecified atom stereocenters. The Balaban J connectivity index is 1.62. The number of piperidine rings is 1. The van der Waals surface area contributed by atoms with Crippen molar-refractivity contribution in [3.05, 3.63) is 44.8 Å². The predicted molar refractivity (Wildman–Crippen MR) is 76.5 cm³/mol. The lowest BCUT2D eigenvalue weighted by atomic mass is 9.95. The quantitative estimate of drug-likeness (QED) is 0.817. The molecule has 0 saturated carbocycles. The molecule has 1 saturated heterocycles. The highest BCUT2D eigenvalue weighted by atomic mass is 32.1.